The smallest absolute Gasteiger partial charge is 0.247 e. The third-order valence-electron chi connectivity index (χ3n) is 3.25. The van der Waals surface area contributed by atoms with Crippen LogP contribution in [-0.2, 0) is 11.2 Å². The monoisotopic (exact) mass is 382 g/mol. The van der Waals surface area contributed by atoms with Crippen LogP contribution < -0.4 is 10.6 Å². The average Bonchev–Trinajstić information content (AvgIpc) is 2.43. The van der Waals surface area contributed by atoms with Crippen LogP contribution in [0, 0.1) is 9.39 Å². The lowest BCUT2D eigenvalue weighted by molar-refractivity contribution is -0.117. The van der Waals surface area contributed by atoms with Gasteiger partial charge in [0.15, 0.2) is 0 Å². The highest BCUT2D eigenvalue weighted by Gasteiger charge is 2.26. The molecule has 0 aliphatic carbocycles. The van der Waals surface area contributed by atoms with Crippen LogP contribution in [0.1, 0.15) is 5.56 Å². The second kappa shape index (κ2) is 5.40. The molecule has 1 aliphatic heterocycles. The number of carbonyl (C=O) groups is 1. The fourth-order valence-electron chi connectivity index (χ4n) is 2.24. The van der Waals surface area contributed by atoms with E-state index in [1.165, 1.54) is 6.07 Å². The van der Waals surface area contributed by atoms with Crippen molar-refractivity contribution in [3.05, 3.63) is 57.4 Å². The molecular weight excluding hydrogens is 370 g/mol. The number of amides is 1. The first-order valence-electron chi connectivity index (χ1n) is 6.24. The Morgan fingerprint density at radius 1 is 1.15 bits per heavy atom. The Morgan fingerprint density at radius 2 is 1.90 bits per heavy atom. The molecule has 3 nitrogen and oxygen atoms in total. The summed E-state index contributed by atoms with van der Waals surface area (Å²) in [4.78, 5) is 12.1. The maximum Gasteiger partial charge on any atom is 0.247 e. The minimum atomic E-state index is -0.385. The van der Waals surface area contributed by atoms with Crippen molar-refractivity contribution in [3.8, 4) is 0 Å². The van der Waals surface area contributed by atoms with Crippen molar-refractivity contribution < 1.29 is 9.18 Å². The van der Waals surface area contributed by atoms with Crippen LogP contribution in [0.4, 0.5) is 15.8 Å². The molecule has 1 heterocycles. The van der Waals surface area contributed by atoms with Gasteiger partial charge in [0.2, 0.25) is 5.91 Å². The predicted octanol–water partition coefficient (Wildman–Crippen LogP) is 3.41. The molecule has 1 aliphatic rings. The molecule has 0 saturated carbocycles. The van der Waals surface area contributed by atoms with E-state index < -0.39 is 0 Å². The van der Waals surface area contributed by atoms with E-state index in [-0.39, 0.29) is 17.8 Å². The summed E-state index contributed by atoms with van der Waals surface area (Å²) >= 11 is 1.91. The molecule has 1 atom stereocenters. The van der Waals surface area contributed by atoms with E-state index in [0.29, 0.717) is 21.4 Å². The quantitative estimate of drug-likeness (QED) is 0.782. The van der Waals surface area contributed by atoms with Gasteiger partial charge in [-0.05, 0) is 34.2 Å². The van der Waals surface area contributed by atoms with E-state index in [1.807, 2.05) is 52.9 Å². The van der Waals surface area contributed by atoms with Crippen molar-refractivity contribution in [1.29, 1.82) is 0 Å². The van der Waals surface area contributed by atoms with Crippen LogP contribution in [-0.4, -0.2) is 11.9 Å². The topological polar surface area (TPSA) is 41.1 Å². The first-order valence-corrected chi connectivity index (χ1v) is 7.32. The molecule has 0 bridgehead atoms. The zero-order chi connectivity index (χ0) is 14.1. The molecule has 3 rings (SSSR count). The fraction of sp³-hybridized carbons (Fsp3) is 0.133. The largest absolute Gasteiger partial charge is 0.372 e. The van der Waals surface area contributed by atoms with Crippen molar-refractivity contribution in [2.45, 2.75) is 12.5 Å². The van der Waals surface area contributed by atoms with Gasteiger partial charge in [0.1, 0.15) is 11.9 Å². The Morgan fingerprint density at radius 3 is 2.65 bits per heavy atom. The van der Waals surface area contributed by atoms with E-state index >= 15 is 0 Å². The van der Waals surface area contributed by atoms with Crippen molar-refractivity contribution in [3.63, 3.8) is 0 Å². The van der Waals surface area contributed by atoms with E-state index in [4.69, 9.17) is 0 Å². The Kier molecular flexibility index (Phi) is 3.60. The number of fused-ring (bicyclic) bond motifs is 1. The standard InChI is InChI=1S/C15H12FIN2O/c16-10-7-12-13(8-11(10)17)19-15(20)14(18-12)6-9-4-2-1-3-5-9/h1-5,7-8,14,18H,6H2,(H,19,20). The van der Waals surface area contributed by atoms with Crippen molar-refractivity contribution in [2.24, 2.45) is 0 Å². The Hall–Kier alpha value is -1.63. The minimum Gasteiger partial charge on any atom is -0.372 e. The first kappa shape index (κ1) is 13.4. The molecule has 20 heavy (non-hydrogen) atoms. The summed E-state index contributed by atoms with van der Waals surface area (Å²) < 4.78 is 14.1. The van der Waals surface area contributed by atoms with Crippen LogP contribution in [0.5, 0.6) is 0 Å². The SMILES string of the molecule is O=C1Nc2cc(I)c(F)cc2NC1Cc1ccccc1. The van der Waals surface area contributed by atoms with Crippen LogP contribution in [0.3, 0.4) is 0 Å². The Labute approximate surface area is 129 Å². The molecule has 0 radical (unpaired) electrons. The van der Waals surface area contributed by atoms with Crippen molar-refractivity contribution >= 4 is 39.9 Å². The summed E-state index contributed by atoms with van der Waals surface area (Å²) in [6.07, 6.45) is 0.569. The molecule has 2 aromatic carbocycles. The zero-order valence-electron chi connectivity index (χ0n) is 10.5. The molecule has 102 valence electrons. The fourth-order valence-corrected chi connectivity index (χ4v) is 2.70. The highest BCUT2D eigenvalue weighted by molar-refractivity contribution is 14.1. The second-order valence-electron chi connectivity index (χ2n) is 4.69. The maximum atomic E-state index is 13.6. The second-order valence-corrected chi connectivity index (χ2v) is 5.85. The van der Waals surface area contributed by atoms with Gasteiger partial charge in [0.25, 0.3) is 0 Å². The number of rotatable bonds is 2. The Balaban J connectivity index is 1.85. The molecule has 2 aromatic rings. The van der Waals surface area contributed by atoms with E-state index in [1.54, 1.807) is 6.07 Å². The van der Waals surface area contributed by atoms with Gasteiger partial charge in [-0.3, -0.25) is 4.79 Å². The maximum absolute atomic E-state index is 13.6. The summed E-state index contributed by atoms with van der Waals surface area (Å²) in [5, 5.41) is 5.93. The van der Waals surface area contributed by atoms with Gasteiger partial charge < -0.3 is 10.6 Å². The summed E-state index contributed by atoms with van der Waals surface area (Å²) in [6, 6.07) is 12.4. The molecule has 5 heteroatoms. The van der Waals surface area contributed by atoms with Gasteiger partial charge in [-0.25, -0.2) is 4.39 Å². The summed E-state index contributed by atoms with van der Waals surface area (Å²) in [5.74, 6) is -0.379. The number of carbonyl (C=O) groups excluding carboxylic acids is 1. The first-order chi connectivity index (χ1) is 9.63. The van der Waals surface area contributed by atoms with E-state index in [9.17, 15) is 9.18 Å². The number of nitrogens with one attached hydrogen (secondary N) is 2. The molecule has 0 fully saturated rings. The normalized spacial score (nSPS) is 17.1. The number of anilines is 2. The lowest BCUT2D eigenvalue weighted by Crippen LogP contribution is -2.40. The van der Waals surface area contributed by atoms with Gasteiger partial charge in [-0.1, -0.05) is 30.3 Å². The highest BCUT2D eigenvalue weighted by Crippen LogP contribution is 2.31. The van der Waals surface area contributed by atoms with Gasteiger partial charge in [-0.15, -0.1) is 0 Å². The molecule has 1 amide bonds. The van der Waals surface area contributed by atoms with Crippen LogP contribution in [0.2, 0.25) is 0 Å². The molecule has 2 N–H and O–H groups in total. The lowest BCUT2D eigenvalue weighted by atomic mass is 10.0. The van der Waals surface area contributed by atoms with E-state index in [2.05, 4.69) is 10.6 Å². The van der Waals surface area contributed by atoms with E-state index in [0.717, 1.165) is 5.56 Å². The zero-order valence-corrected chi connectivity index (χ0v) is 12.6. The van der Waals surface area contributed by atoms with Gasteiger partial charge in [-0.2, -0.15) is 0 Å². The number of halogens is 2. The molecular formula is C15H12FIN2O. The number of benzene rings is 2. The minimum absolute atomic E-state index is 0.0937. The Bertz CT molecular complexity index is 660. The van der Waals surface area contributed by atoms with Gasteiger partial charge >= 0.3 is 0 Å². The average molecular weight is 382 g/mol. The molecule has 0 spiro atoms. The number of hydrogen-bond acceptors (Lipinski definition) is 2. The molecule has 1 unspecified atom stereocenters. The predicted molar refractivity (Wildman–Crippen MR) is 85.3 cm³/mol. The van der Waals surface area contributed by atoms with Crippen LogP contribution >= 0.6 is 22.6 Å². The molecule has 0 saturated heterocycles. The summed E-state index contributed by atoms with van der Waals surface area (Å²) in [7, 11) is 0. The summed E-state index contributed by atoms with van der Waals surface area (Å²) in [5.41, 5.74) is 2.32. The summed E-state index contributed by atoms with van der Waals surface area (Å²) in [6.45, 7) is 0. The highest BCUT2D eigenvalue weighted by atomic mass is 127. The third-order valence-corrected chi connectivity index (χ3v) is 4.07. The van der Waals surface area contributed by atoms with Gasteiger partial charge in [0.05, 0.1) is 14.9 Å². The lowest BCUT2D eigenvalue weighted by Gasteiger charge is -2.27. The van der Waals surface area contributed by atoms with Gasteiger partial charge in [0, 0.05) is 12.5 Å². The van der Waals surface area contributed by atoms with Crippen LogP contribution in [0.25, 0.3) is 0 Å². The molecule has 0 aromatic heterocycles. The third kappa shape index (κ3) is 2.63. The van der Waals surface area contributed by atoms with Crippen LogP contribution in [0.15, 0.2) is 42.5 Å². The van der Waals surface area contributed by atoms with Crippen molar-refractivity contribution in [2.75, 3.05) is 10.6 Å². The van der Waals surface area contributed by atoms with Crippen molar-refractivity contribution in [1.82, 2.24) is 0 Å². The number of hydrogen-bond donors (Lipinski definition) is 2.